The first-order valence-corrected chi connectivity index (χ1v) is 5.88. The van der Waals surface area contributed by atoms with Gasteiger partial charge in [0, 0.05) is 5.56 Å². The number of nitrogens with one attached hydrogen (secondary N) is 1. The number of carbonyl (C=O) groups excluding carboxylic acids is 1. The molecule has 1 aliphatic heterocycles. The SMILES string of the molecule is O=C1N[C@@H](c2ccccc2)Cc2cc(F)ccc21. The predicted molar refractivity (Wildman–Crippen MR) is 66.8 cm³/mol. The zero-order valence-electron chi connectivity index (χ0n) is 9.69. The summed E-state index contributed by atoms with van der Waals surface area (Å²) in [4.78, 5) is 11.9. The molecule has 3 heteroatoms. The summed E-state index contributed by atoms with van der Waals surface area (Å²) in [5, 5.41) is 2.95. The van der Waals surface area contributed by atoms with Crippen LogP contribution in [0, 0.1) is 5.82 Å². The first-order valence-electron chi connectivity index (χ1n) is 5.88. The Bertz CT molecular complexity index is 595. The van der Waals surface area contributed by atoms with Crippen molar-refractivity contribution in [1.82, 2.24) is 5.32 Å². The van der Waals surface area contributed by atoms with Crippen molar-refractivity contribution >= 4 is 5.91 Å². The summed E-state index contributed by atoms with van der Waals surface area (Å²) in [6.07, 6.45) is 0.628. The van der Waals surface area contributed by atoms with E-state index < -0.39 is 0 Å². The number of hydrogen-bond donors (Lipinski definition) is 1. The molecule has 1 atom stereocenters. The number of hydrogen-bond acceptors (Lipinski definition) is 1. The van der Waals surface area contributed by atoms with Crippen LogP contribution in [0.5, 0.6) is 0 Å². The summed E-state index contributed by atoms with van der Waals surface area (Å²) in [5.74, 6) is -0.430. The Labute approximate surface area is 104 Å². The molecule has 90 valence electrons. The zero-order valence-corrected chi connectivity index (χ0v) is 9.69. The van der Waals surface area contributed by atoms with Crippen molar-refractivity contribution in [2.45, 2.75) is 12.5 Å². The number of carbonyl (C=O) groups is 1. The monoisotopic (exact) mass is 241 g/mol. The molecule has 1 aliphatic rings. The molecule has 0 bridgehead atoms. The molecule has 0 unspecified atom stereocenters. The van der Waals surface area contributed by atoms with Gasteiger partial charge in [-0.15, -0.1) is 0 Å². The summed E-state index contributed by atoms with van der Waals surface area (Å²) in [7, 11) is 0. The standard InChI is InChI=1S/C15H12FNO/c16-12-6-7-13-11(8-12)9-14(17-15(13)18)10-4-2-1-3-5-10/h1-8,14H,9H2,(H,17,18)/t14-/m1/s1. The predicted octanol–water partition coefficient (Wildman–Crippen LogP) is 2.85. The Morgan fingerprint density at radius 2 is 1.89 bits per heavy atom. The van der Waals surface area contributed by atoms with Gasteiger partial charge in [-0.3, -0.25) is 4.79 Å². The van der Waals surface area contributed by atoms with E-state index in [-0.39, 0.29) is 17.8 Å². The van der Waals surface area contributed by atoms with Crippen LogP contribution in [0.3, 0.4) is 0 Å². The highest BCUT2D eigenvalue weighted by atomic mass is 19.1. The van der Waals surface area contributed by atoms with Gasteiger partial charge in [0.05, 0.1) is 6.04 Å². The molecule has 2 aromatic rings. The van der Waals surface area contributed by atoms with Gasteiger partial charge in [0.1, 0.15) is 5.82 Å². The maximum Gasteiger partial charge on any atom is 0.252 e. The Balaban J connectivity index is 1.98. The first kappa shape index (κ1) is 11.0. The lowest BCUT2D eigenvalue weighted by Crippen LogP contribution is -2.35. The molecule has 0 radical (unpaired) electrons. The second-order valence-electron chi connectivity index (χ2n) is 4.44. The lowest BCUT2D eigenvalue weighted by molar-refractivity contribution is 0.0925. The summed E-state index contributed by atoms with van der Waals surface area (Å²) in [6.45, 7) is 0. The van der Waals surface area contributed by atoms with Crippen LogP contribution in [0.4, 0.5) is 4.39 Å². The van der Waals surface area contributed by atoms with Crippen LogP contribution in [0.2, 0.25) is 0 Å². The fourth-order valence-electron chi connectivity index (χ4n) is 2.35. The molecule has 1 N–H and O–H groups in total. The minimum atomic E-state index is -0.296. The molecule has 2 aromatic carbocycles. The van der Waals surface area contributed by atoms with E-state index >= 15 is 0 Å². The van der Waals surface area contributed by atoms with Crippen molar-refractivity contribution in [3.05, 3.63) is 71.0 Å². The van der Waals surface area contributed by atoms with Gasteiger partial charge in [-0.25, -0.2) is 4.39 Å². The van der Waals surface area contributed by atoms with Crippen molar-refractivity contribution in [2.75, 3.05) is 0 Å². The first-order chi connectivity index (χ1) is 8.74. The van der Waals surface area contributed by atoms with Crippen LogP contribution in [-0.2, 0) is 6.42 Å². The van der Waals surface area contributed by atoms with E-state index in [1.54, 1.807) is 6.07 Å². The van der Waals surface area contributed by atoms with Crippen LogP contribution >= 0.6 is 0 Å². The zero-order chi connectivity index (χ0) is 12.5. The second-order valence-corrected chi connectivity index (χ2v) is 4.44. The Kier molecular flexibility index (Phi) is 2.59. The topological polar surface area (TPSA) is 29.1 Å². The third kappa shape index (κ3) is 1.88. The van der Waals surface area contributed by atoms with Crippen LogP contribution in [-0.4, -0.2) is 5.91 Å². The molecular weight excluding hydrogens is 229 g/mol. The van der Waals surface area contributed by atoms with Gasteiger partial charge in [-0.05, 0) is 35.7 Å². The molecule has 0 aromatic heterocycles. The van der Waals surface area contributed by atoms with Crippen molar-refractivity contribution in [1.29, 1.82) is 0 Å². The lowest BCUT2D eigenvalue weighted by atomic mass is 9.91. The van der Waals surface area contributed by atoms with Gasteiger partial charge in [-0.2, -0.15) is 0 Å². The lowest BCUT2D eigenvalue weighted by Gasteiger charge is -2.26. The molecule has 0 saturated carbocycles. The smallest absolute Gasteiger partial charge is 0.252 e. The number of fused-ring (bicyclic) bond motifs is 1. The van der Waals surface area contributed by atoms with E-state index in [1.165, 1.54) is 12.1 Å². The van der Waals surface area contributed by atoms with E-state index in [1.807, 2.05) is 30.3 Å². The fraction of sp³-hybridized carbons (Fsp3) is 0.133. The maximum atomic E-state index is 13.2. The number of amides is 1. The van der Waals surface area contributed by atoms with Gasteiger partial charge in [0.25, 0.3) is 5.91 Å². The maximum absolute atomic E-state index is 13.2. The van der Waals surface area contributed by atoms with Crippen molar-refractivity contribution in [3.63, 3.8) is 0 Å². The quantitative estimate of drug-likeness (QED) is 0.817. The third-order valence-electron chi connectivity index (χ3n) is 3.24. The number of benzene rings is 2. The minimum absolute atomic E-state index is 0.0759. The molecule has 0 fully saturated rings. The molecular formula is C15H12FNO. The van der Waals surface area contributed by atoms with E-state index in [2.05, 4.69) is 5.32 Å². The Morgan fingerprint density at radius 3 is 2.67 bits per heavy atom. The molecule has 0 spiro atoms. The summed E-state index contributed by atoms with van der Waals surface area (Å²) < 4.78 is 13.2. The molecule has 3 rings (SSSR count). The molecule has 1 amide bonds. The Hall–Kier alpha value is -2.16. The van der Waals surface area contributed by atoms with Crippen molar-refractivity contribution in [3.8, 4) is 0 Å². The average molecular weight is 241 g/mol. The summed E-state index contributed by atoms with van der Waals surface area (Å²) in [6, 6.07) is 14.0. The summed E-state index contributed by atoms with van der Waals surface area (Å²) >= 11 is 0. The molecule has 1 heterocycles. The second kappa shape index (κ2) is 4.26. The highest BCUT2D eigenvalue weighted by Gasteiger charge is 2.25. The van der Waals surface area contributed by atoms with Gasteiger partial charge in [0.2, 0.25) is 0 Å². The normalized spacial score (nSPS) is 18.1. The van der Waals surface area contributed by atoms with Gasteiger partial charge < -0.3 is 5.32 Å². The van der Waals surface area contributed by atoms with E-state index in [9.17, 15) is 9.18 Å². The Morgan fingerprint density at radius 1 is 1.11 bits per heavy atom. The van der Waals surface area contributed by atoms with Gasteiger partial charge in [-0.1, -0.05) is 30.3 Å². The van der Waals surface area contributed by atoms with Crippen LogP contribution in [0.1, 0.15) is 27.5 Å². The van der Waals surface area contributed by atoms with Crippen LogP contribution in [0.15, 0.2) is 48.5 Å². The minimum Gasteiger partial charge on any atom is -0.345 e. The van der Waals surface area contributed by atoms with Gasteiger partial charge >= 0.3 is 0 Å². The van der Waals surface area contributed by atoms with Crippen molar-refractivity contribution < 1.29 is 9.18 Å². The largest absolute Gasteiger partial charge is 0.345 e. The van der Waals surface area contributed by atoms with Gasteiger partial charge in [0.15, 0.2) is 0 Å². The van der Waals surface area contributed by atoms with E-state index in [0.29, 0.717) is 12.0 Å². The summed E-state index contributed by atoms with van der Waals surface area (Å²) in [5.41, 5.74) is 2.39. The molecule has 2 nitrogen and oxygen atoms in total. The van der Waals surface area contributed by atoms with Crippen molar-refractivity contribution in [2.24, 2.45) is 0 Å². The number of halogens is 1. The average Bonchev–Trinajstić information content (AvgIpc) is 2.39. The van der Waals surface area contributed by atoms with E-state index in [4.69, 9.17) is 0 Å². The third-order valence-corrected chi connectivity index (χ3v) is 3.24. The van der Waals surface area contributed by atoms with Crippen LogP contribution in [0.25, 0.3) is 0 Å². The highest BCUT2D eigenvalue weighted by molar-refractivity contribution is 5.97. The number of rotatable bonds is 1. The van der Waals surface area contributed by atoms with Crippen LogP contribution < -0.4 is 5.32 Å². The van der Waals surface area contributed by atoms with E-state index in [0.717, 1.165) is 11.1 Å². The fourth-order valence-corrected chi connectivity index (χ4v) is 2.35. The molecule has 0 saturated heterocycles. The molecule has 0 aliphatic carbocycles. The molecule has 18 heavy (non-hydrogen) atoms. The highest BCUT2D eigenvalue weighted by Crippen LogP contribution is 2.26.